The first-order valence-electron chi connectivity index (χ1n) is 7.38. The highest BCUT2D eigenvalue weighted by molar-refractivity contribution is 6.02. The van der Waals surface area contributed by atoms with Gasteiger partial charge in [0, 0.05) is 13.0 Å². The summed E-state index contributed by atoms with van der Waals surface area (Å²) in [6.07, 6.45) is 0.902. The number of nitrogens with one attached hydrogen (secondary N) is 2. The summed E-state index contributed by atoms with van der Waals surface area (Å²) in [4.78, 5) is 12.4. The van der Waals surface area contributed by atoms with Crippen LogP contribution < -0.4 is 5.32 Å². The molecule has 6 heteroatoms. The van der Waals surface area contributed by atoms with Crippen molar-refractivity contribution in [2.45, 2.75) is 19.3 Å². The number of amides is 1. The summed E-state index contributed by atoms with van der Waals surface area (Å²) in [6, 6.07) is 10.2. The zero-order valence-corrected chi connectivity index (χ0v) is 12.5. The largest absolute Gasteiger partial charge is 0.310 e. The number of aromatic nitrogens is 4. The molecule has 2 atom stereocenters. The predicted octanol–water partition coefficient (Wildman–Crippen LogP) is 2.35. The zero-order valence-electron chi connectivity index (χ0n) is 12.5. The van der Waals surface area contributed by atoms with Crippen molar-refractivity contribution < 1.29 is 4.79 Å². The number of aryl methyl sites for hydroxylation is 2. The molecule has 2 heterocycles. The Morgan fingerprint density at radius 1 is 1.36 bits per heavy atom. The summed E-state index contributed by atoms with van der Waals surface area (Å²) in [5.74, 6) is 1.05. The normalized spacial score (nSPS) is 20.3. The second kappa shape index (κ2) is 4.69. The summed E-state index contributed by atoms with van der Waals surface area (Å²) in [5, 5.41) is 15.3. The zero-order chi connectivity index (χ0) is 15.3. The Kier molecular flexibility index (Phi) is 2.79. The molecule has 1 aromatic carbocycles. The molecule has 3 aromatic rings. The highest BCUT2D eigenvalue weighted by atomic mass is 16.2. The fraction of sp³-hybridized carbons (Fsp3) is 0.312. The quantitative estimate of drug-likeness (QED) is 0.778. The number of fused-ring (bicyclic) bond motifs is 1. The van der Waals surface area contributed by atoms with E-state index in [0.717, 1.165) is 23.1 Å². The Hall–Kier alpha value is -2.63. The Morgan fingerprint density at radius 2 is 2.14 bits per heavy atom. The van der Waals surface area contributed by atoms with E-state index < -0.39 is 0 Å². The number of hydrogen-bond donors (Lipinski definition) is 2. The first kappa shape index (κ1) is 13.1. The molecular formula is C16H17N5O. The van der Waals surface area contributed by atoms with Gasteiger partial charge >= 0.3 is 0 Å². The molecule has 1 saturated carbocycles. The molecule has 1 aliphatic carbocycles. The molecule has 0 unspecified atom stereocenters. The lowest BCUT2D eigenvalue weighted by Crippen LogP contribution is -2.15. The average Bonchev–Trinajstić information content (AvgIpc) is 3.14. The number of hydrogen-bond acceptors (Lipinski definition) is 3. The van der Waals surface area contributed by atoms with E-state index in [9.17, 15) is 4.79 Å². The SMILES string of the molecule is Cc1nn(C)c2n[nH]c(NC(=O)[C@H]3C[C@H]3c3ccccc3)c12. The monoisotopic (exact) mass is 295 g/mol. The number of carbonyl (C=O) groups excluding carboxylic acids is 1. The molecule has 22 heavy (non-hydrogen) atoms. The summed E-state index contributed by atoms with van der Waals surface area (Å²) in [7, 11) is 1.84. The predicted molar refractivity (Wildman–Crippen MR) is 83.5 cm³/mol. The lowest BCUT2D eigenvalue weighted by atomic mass is 10.1. The van der Waals surface area contributed by atoms with Crippen LogP contribution in [0.4, 0.5) is 5.82 Å². The van der Waals surface area contributed by atoms with Gasteiger partial charge in [-0.1, -0.05) is 30.3 Å². The summed E-state index contributed by atoms with van der Waals surface area (Å²) >= 11 is 0. The van der Waals surface area contributed by atoms with Gasteiger partial charge in [0.2, 0.25) is 5.91 Å². The molecule has 1 aliphatic rings. The summed E-state index contributed by atoms with van der Waals surface area (Å²) in [6.45, 7) is 1.91. The first-order valence-corrected chi connectivity index (χ1v) is 7.38. The molecule has 0 spiro atoms. The van der Waals surface area contributed by atoms with Gasteiger partial charge in [0.05, 0.1) is 11.1 Å². The first-order chi connectivity index (χ1) is 10.6. The maximum atomic E-state index is 12.4. The van der Waals surface area contributed by atoms with Crippen LogP contribution >= 0.6 is 0 Å². The number of anilines is 1. The number of aromatic amines is 1. The van der Waals surface area contributed by atoms with Gasteiger partial charge in [-0.25, -0.2) is 4.68 Å². The van der Waals surface area contributed by atoms with Crippen LogP contribution in [-0.4, -0.2) is 25.9 Å². The Labute approximate surface area is 127 Å². The number of benzene rings is 1. The van der Waals surface area contributed by atoms with E-state index in [0.29, 0.717) is 11.7 Å². The Morgan fingerprint density at radius 3 is 2.91 bits per heavy atom. The molecule has 1 fully saturated rings. The molecule has 0 saturated heterocycles. The highest BCUT2D eigenvalue weighted by Crippen LogP contribution is 2.48. The van der Waals surface area contributed by atoms with Gasteiger partial charge in [-0.15, -0.1) is 0 Å². The third kappa shape index (κ3) is 1.99. The van der Waals surface area contributed by atoms with Gasteiger partial charge in [0.15, 0.2) is 5.65 Å². The van der Waals surface area contributed by atoms with Gasteiger partial charge in [0.25, 0.3) is 0 Å². The van der Waals surface area contributed by atoms with E-state index in [1.807, 2.05) is 32.2 Å². The molecule has 1 amide bonds. The molecule has 2 N–H and O–H groups in total. The van der Waals surface area contributed by atoms with Gasteiger partial charge in [-0.2, -0.15) is 10.2 Å². The molecule has 4 rings (SSSR count). The van der Waals surface area contributed by atoms with Crippen LogP contribution in [0.15, 0.2) is 30.3 Å². The van der Waals surface area contributed by atoms with Crippen molar-refractivity contribution in [3.05, 3.63) is 41.6 Å². The van der Waals surface area contributed by atoms with Crippen molar-refractivity contribution in [1.82, 2.24) is 20.0 Å². The maximum Gasteiger partial charge on any atom is 0.229 e. The molecule has 2 aromatic heterocycles. The maximum absolute atomic E-state index is 12.4. The molecule has 0 bridgehead atoms. The standard InChI is InChI=1S/C16H17N5O/c1-9-13-14(18-19-15(13)21(2)20-9)17-16(22)12-8-11(12)10-6-4-3-5-7-10/h3-7,11-12H,8H2,1-2H3,(H2,17,18,19,22)/t11-,12-/m0/s1. The number of rotatable bonds is 3. The second-order valence-corrected chi connectivity index (χ2v) is 5.85. The topological polar surface area (TPSA) is 75.6 Å². The third-order valence-corrected chi connectivity index (χ3v) is 4.32. The van der Waals surface area contributed by atoms with Crippen LogP contribution in [0.1, 0.15) is 23.6 Å². The molecule has 0 aliphatic heterocycles. The van der Waals surface area contributed by atoms with Crippen molar-refractivity contribution in [1.29, 1.82) is 0 Å². The lowest BCUT2D eigenvalue weighted by Gasteiger charge is -2.03. The molecular weight excluding hydrogens is 278 g/mol. The van der Waals surface area contributed by atoms with Gasteiger partial charge in [-0.05, 0) is 24.8 Å². The fourth-order valence-corrected chi connectivity index (χ4v) is 3.09. The fourth-order valence-electron chi connectivity index (χ4n) is 3.09. The summed E-state index contributed by atoms with van der Waals surface area (Å²) in [5.41, 5.74) is 2.84. The highest BCUT2D eigenvalue weighted by Gasteiger charge is 2.44. The van der Waals surface area contributed by atoms with Crippen molar-refractivity contribution in [3.8, 4) is 0 Å². The Bertz CT molecular complexity index is 848. The van der Waals surface area contributed by atoms with Gasteiger partial charge in [-0.3, -0.25) is 9.89 Å². The minimum Gasteiger partial charge on any atom is -0.310 e. The lowest BCUT2D eigenvalue weighted by molar-refractivity contribution is -0.117. The van der Waals surface area contributed by atoms with Gasteiger partial charge < -0.3 is 5.32 Å². The van der Waals surface area contributed by atoms with E-state index in [4.69, 9.17) is 0 Å². The molecule has 112 valence electrons. The van der Waals surface area contributed by atoms with Crippen LogP contribution in [0.25, 0.3) is 11.0 Å². The van der Waals surface area contributed by atoms with E-state index >= 15 is 0 Å². The third-order valence-electron chi connectivity index (χ3n) is 4.32. The number of nitrogens with zero attached hydrogens (tertiary/aromatic N) is 3. The Balaban J connectivity index is 1.53. The van der Waals surface area contributed by atoms with Crippen LogP contribution in [0.3, 0.4) is 0 Å². The molecule has 0 radical (unpaired) electrons. The van der Waals surface area contributed by atoms with Crippen LogP contribution in [0.5, 0.6) is 0 Å². The minimum absolute atomic E-state index is 0.0396. The summed E-state index contributed by atoms with van der Waals surface area (Å²) < 4.78 is 1.71. The van der Waals surface area contributed by atoms with E-state index in [1.54, 1.807) is 4.68 Å². The molecule has 6 nitrogen and oxygen atoms in total. The van der Waals surface area contributed by atoms with Crippen molar-refractivity contribution in [3.63, 3.8) is 0 Å². The van der Waals surface area contributed by atoms with Crippen molar-refractivity contribution >= 4 is 22.8 Å². The van der Waals surface area contributed by atoms with E-state index in [-0.39, 0.29) is 11.8 Å². The van der Waals surface area contributed by atoms with Crippen LogP contribution in [0.2, 0.25) is 0 Å². The van der Waals surface area contributed by atoms with Crippen molar-refractivity contribution in [2.24, 2.45) is 13.0 Å². The second-order valence-electron chi connectivity index (χ2n) is 5.85. The smallest absolute Gasteiger partial charge is 0.229 e. The average molecular weight is 295 g/mol. The minimum atomic E-state index is 0.0396. The number of carbonyl (C=O) groups is 1. The van der Waals surface area contributed by atoms with Crippen molar-refractivity contribution in [2.75, 3.05) is 5.32 Å². The van der Waals surface area contributed by atoms with Crippen LogP contribution in [0, 0.1) is 12.8 Å². The van der Waals surface area contributed by atoms with E-state index in [2.05, 4.69) is 32.7 Å². The number of H-pyrrole nitrogens is 1. The van der Waals surface area contributed by atoms with E-state index in [1.165, 1.54) is 5.56 Å². The van der Waals surface area contributed by atoms with Crippen LogP contribution in [-0.2, 0) is 11.8 Å². The van der Waals surface area contributed by atoms with Gasteiger partial charge in [0.1, 0.15) is 5.82 Å².